The number of thiocarbonyl (C=S) groups is 1. The summed E-state index contributed by atoms with van der Waals surface area (Å²) in [7, 11) is 1.60. The smallest absolute Gasteiger partial charge is 0.213 e. The zero-order valence-electron chi connectivity index (χ0n) is 14.5. The van der Waals surface area contributed by atoms with E-state index in [1.807, 2.05) is 6.07 Å². The molecule has 3 rings (SSSR count). The summed E-state index contributed by atoms with van der Waals surface area (Å²) >= 11 is 5.32. The molecule has 0 amide bonds. The molecule has 1 aromatic carbocycles. The van der Waals surface area contributed by atoms with Crippen molar-refractivity contribution < 1.29 is 4.74 Å². The van der Waals surface area contributed by atoms with E-state index in [0.717, 1.165) is 44.7 Å². The molecule has 2 heterocycles. The fraction of sp³-hybridized carbons (Fsp3) is 0.368. The van der Waals surface area contributed by atoms with Crippen molar-refractivity contribution in [1.82, 2.24) is 15.2 Å². The van der Waals surface area contributed by atoms with Gasteiger partial charge < -0.3 is 15.4 Å². The molecule has 25 heavy (non-hydrogen) atoms. The van der Waals surface area contributed by atoms with Gasteiger partial charge in [-0.1, -0.05) is 24.3 Å². The van der Waals surface area contributed by atoms with Gasteiger partial charge in [0.05, 0.1) is 19.0 Å². The molecule has 2 aromatic rings. The molecule has 5 nitrogen and oxygen atoms in total. The summed E-state index contributed by atoms with van der Waals surface area (Å²) in [6.45, 7) is 4.12. The number of hydrogen-bond donors (Lipinski definition) is 2. The molecule has 0 spiro atoms. The Kier molecular flexibility index (Phi) is 6.19. The van der Waals surface area contributed by atoms with E-state index in [2.05, 4.69) is 44.8 Å². The molecule has 0 saturated carbocycles. The van der Waals surface area contributed by atoms with Gasteiger partial charge in [0.25, 0.3) is 0 Å². The van der Waals surface area contributed by atoms with Crippen molar-refractivity contribution in [2.45, 2.75) is 19.4 Å². The average Bonchev–Trinajstić information content (AvgIpc) is 2.66. The van der Waals surface area contributed by atoms with Crippen LogP contribution in [-0.2, 0) is 13.0 Å². The minimum Gasteiger partial charge on any atom is -0.481 e. The van der Waals surface area contributed by atoms with Crippen LogP contribution in [0.5, 0.6) is 5.88 Å². The van der Waals surface area contributed by atoms with Crippen LogP contribution in [0.25, 0.3) is 0 Å². The van der Waals surface area contributed by atoms with Gasteiger partial charge in [0.2, 0.25) is 5.88 Å². The second kappa shape index (κ2) is 8.78. The lowest BCUT2D eigenvalue weighted by molar-refractivity contribution is 0.251. The standard InChI is InChI=1S/C19H24N4OS/c1-24-18-8-7-17(13-21-18)22-19(25)20-10-4-11-23-12-9-15-5-2-3-6-16(15)14-23/h2-3,5-8,13H,4,9-12,14H2,1H3,(H2,20,22,25). The summed E-state index contributed by atoms with van der Waals surface area (Å²) in [5.74, 6) is 0.590. The Morgan fingerprint density at radius 3 is 2.84 bits per heavy atom. The van der Waals surface area contributed by atoms with E-state index in [1.165, 1.54) is 11.1 Å². The molecule has 0 unspecified atom stereocenters. The highest BCUT2D eigenvalue weighted by atomic mass is 32.1. The number of hydrogen-bond acceptors (Lipinski definition) is 4. The third-order valence-electron chi connectivity index (χ3n) is 4.35. The van der Waals surface area contributed by atoms with Crippen LogP contribution in [0.2, 0.25) is 0 Å². The van der Waals surface area contributed by atoms with Gasteiger partial charge in [-0.05, 0) is 42.3 Å². The lowest BCUT2D eigenvalue weighted by Gasteiger charge is -2.28. The summed E-state index contributed by atoms with van der Waals surface area (Å²) < 4.78 is 5.04. The average molecular weight is 356 g/mol. The highest BCUT2D eigenvalue weighted by molar-refractivity contribution is 7.80. The van der Waals surface area contributed by atoms with E-state index in [-0.39, 0.29) is 0 Å². The first-order valence-corrected chi connectivity index (χ1v) is 8.99. The van der Waals surface area contributed by atoms with Crippen molar-refractivity contribution in [3.05, 3.63) is 53.7 Å². The summed E-state index contributed by atoms with van der Waals surface area (Å²) in [6, 6.07) is 12.4. The minimum atomic E-state index is 0.590. The number of anilines is 1. The first kappa shape index (κ1) is 17.6. The number of nitrogens with one attached hydrogen (secondary N) is 2. The second-order valence-corrected chi connectivity index (χ2v) is 6.53. The third kappa shape index (κ3) is 5.14. The Hall–Kier alpha value is -2.18. The van der Waals surface area contributed by atoms with Crippen molar-refractivity contribution in [2.24, 2.45) is 0 Å². The summed E-state index contributed by atoms with van der Waals surface area (Å²) in [5, 5.41) is 7.01. The maximum atomic E-state index is 5.32. The van der Waals surface area contributed by atoms with Crippen molar-refractivity contribution in [1.29, 1.82) is 0 Å². The van der Waals surface area contributed by atoms with Crippen molar-refractivity contribution in [2.75, 3.05) is 32.1 Å². The second-order valence-electron chi connectivity index (χ2n) is 6.12. The topological polar surface area (TPSA) is 49.4 Å². The van der Waals surface area contributed by atoms with Crippen molar-refractivity contribution >= 4 is 23.0 Å². The van der Waals surface area contributed by atoms with E-state index in [4.69, 9.17) is 17.0 Å². The van der Waals surface area contributed by atoms with E-state index in [0.29, 0.717) is 11.0 Å². The maximum Gasteiger partial charge on any atom is 0.213 e. The molecule has 132 valence electrons. The van der Waals surface area contributed by atoms with Crippen LogP contribution in [0.15, 0.2) is 42.6 Å². The Morgan fingerprint density at radius 1 is 1.24 bits per heavy atom. The number of nitrogens with zero attached hydrogens (tertiary/aromatic N) is 2. The van der Waals surface area contributed by atoms with Crippen LogP contribution in [0.3, 0.4) is 0 Å². The Balaban J connectivity index is 1.35. The largest absolute Gasteiger partial charge is 0.481 e. The Morgan fingerprint density at radius 2 is 2.08 bits per heavy atom. The van der Waals surface area contributed by atoms with Crippen LogP contribution < -0.4 is 15.4 Å². The van der Waals surface area contributed by atoms with Crippen molar-refractivity contribution in [3.8, 4) is 5.88 Å². The van der Waals surface area contributed by atoms with Gasteiger partial charge in [-0.15, -0.1) is 0 Å². The molecular weight excluding hydrogens is 332 g/mol. The van der Waals surface area contributed by atoms with Gasteiger partial charge in [0.15, 0.2) is 5.11 Å². The van der Waals surface area contributed by atoms with E-state index >= 15 is 0 Å². The molecular formula is C19H24N4OS. The summed E-state index contributed by atoms with van der Waals surface area (Å²) in [6.07, 6.45) is 3.91. The molecule has 6 heteroatoms. The molecule has 1 aliphatic rings. The van der Waals surface area contributed by atoms with E-state index < -0.39 is 0 Å². The highest BCUT2D eigenvalue weighted by Gasteiger charge is 2.14. The molecule has 0 radical (unpaired) electrons. The number of pyridine rings is 1. The Bertz CT molecular complexity index is 705. The maximum absolute atomic E-state index is 5.32. The zero-order chi connectivity index (χ0) is 17.5. The third-order valence-corrected chi connectivity index (χ3v) is 4.60. The number of aromatic nitrogens is 1. The number of methoxy groups -OCH3 is 1. The number of rotatable bonds is 6. The number of benzene rings is 1. The van der Waals surface area contributed by atoms with Gasteiger partial charge in [0.1, 0.15) is 0 Å². The number of ether oxygens (including phenoxy) is 1. The fourth-order valence-corrected chi connectivity index (χ4v) is 3.22. The monoisotopic (exact) mass is 356 g/mol. The first-order chi connectivity index (χ1) is 12.2. The van der Waals surface area contributed by atoms with Gasteiger partial charge in [0, 0.05) is 32.2 Å². The molecule has 1 aromatic heterocycles. The minimum absolute atomic E-state index is 0.590. The lowest BCUT2D eigenvalue weighted by atomic mass is 10.00. The van der Waals surface area contributed by atoms with Crippen LogP contribution in [0, 0.1) is 0 Å². The molecule has 0 fully saturated rings. The summed E-state index contributed by atoms with van der Waals surface area (Å²) in [5.41, 5.74) is 3.81. The normalized spacial score (nSPS) is 13.8. The predicted octanol–water partition coefficient (Wildman–Crippen LogP) is 2.83. The van der Waals surface area contributed by atoms with Crippen LogP contribution in [0.4, 0.5) is 5.69 Å². The molecule has 0 atom stereocenters. The van der Waals surface area contributed by atoms with Crippen LogP contribution in [0.1, 0.15) is 17.5 Å². The first-order valence-electron chi connectivity index (χ1n) is 8.58. The van der Waals surface area contributed by atoms with E-state index in [1.54, 1.807) is 19.4 Å². The van der Waals surface area contributed by atoms with Gasteiger partial charge in [-0.3, -0.25) is 4.90 Å². The molecule has 2 N–H and O–H groups in total. The quantitative estimate of drug-likeness (QED) is 0.613. The van der Waals surface area contributed by atoms with Crippen molar-refractivity contribution in [3.63, 3.8) is 0 Å². The predicted molar refractivity (Wildman–Crippen MR) is 105 cm³/mol. The molecule has 0 aliphatic carbocycles. The van der Waals surface area contributed by atoms with Gasteiger partial charge in [-0.25, -0.2) is 4.98 Å². The lowest BCUT2D eigenvalue weighted by Crippen LogP contribution is -2.34. The van der Waals surface area contributed by atoms with Gasteiger partial charge >= 0.3 is 0 Å². The molecule has 1 aliphatic heterocycles. The number of fused-ring (bicyclic) bond motifs is 1. The Labute approximate surface area is 154 Å². The van der Waals surface area contributed by atoms with Gasteiger partial charge in [-0.2, -0.15) is 0 Å². The van der Waals surface area contributed by atoms with E-state index in [9.17, 15) is 0 Å². The summed E-state index contributed by atoms with van der Waals surface area (Å²) in [4.78, 5) is 6.66. The zero-order valence-corrected chi connectivity index (χ0v) is 15.3. The highest BCUT2D eigenvalue weighted by Crippen LogP contribution is 2.18. The molecule has 0 saturated heterocycles. The fourth-order valence-electron chi connectivity index (χ4n) is 3.00. The SMILES string of the molecule is COc1ccc(NC(=S)NCCCN2CCc3ccccc3C2)cn1. The van der Waals surface area contributed by atoms with Crippen LogP contribution >= 0.6 is 12.2 Å². The molecule has 0 bridgehead atoms. The van der Waals surface area contributed by atoms with Crippen LogP contribution in [-0.4, -0.2) is 41.7 Å².